The molecule has 15 heavy (non-hydrogen) atoms. The molecule has 0 unspecified atom stereocenters. The van der Waals surface area contributed by atoms with E-state index in [1.54, 1.807) is 6.07 Å². The van der Waals surface area contributed by atoms with Crippen molar-refractivity contribution in [3.8, 4) is 11.1 Å². The molecular formula is C12H11O2Si. The molecule has 1 radical (unpaired) electrons. The van der Waals surface area contributed by atoms with Crippen molar-refractivity contribution in [2.75, 3.05) is 0 Å². The highest BCUT2D eigenvalue weighted by Gasteiger charge is 2.14. The van der Waals surface area contributed by atoms with Crippen LogP contribution in [-0.2, 0) is 0 Å². The van der Waals surface area contributed by atoms with Crippen LogP contribution in [0.4, 0.5) is 0 Å². The van der Waals surface area contributed by atoms with Crippen LogP contribution in [0.2, 0.25) is 0 Å². The Bertz CT molecular complexity index is 440. The van der Waals surface area contributed by atoms with E-state index in [9.17, 15) is 9.59 Å². The van der Waals surface area contributed by atoms with E-state index < -0.39 is 9.28 Å². The maximum Gasteiger partial charge on any atom is 0.418 e. The minimum Gasteiger partial charge on any atom is -0.406 e. The van der Waals surface area contributed by atoms with Gasteiger partial charge in [-0.25, -0.2) is 0 Å². The zero-order valence-electron chi connectivity index (χ0n) is 8.09. The topological polar surface area (TPSA) is 40.5 Å². The molecule has 0 fully saturated rings. The lowest BCUT2D eigenvalue weighted by atomic mass is 10.1. The first-order valence-electron chi connectivity index (χ1n) is 4.69. The quantitative estimate of drug-likeness (QED) is 0.735. The second-order valence-corrected chi connectivity index (χ2v) is 4.42. The average Bonchev–Trinajstić information content (AvgIpc) is 2.30. The van der Waals surface area contributed by atoms with Gasteiger partial charge in [0, 0.05) is 5.19 Å². The summed E-state index contributed by atoms with van der Waals surface area (Å²) in [5.41, 5.74) is 1.91. The summed E-state index contributed by atoms with van der Waals surface area (Å²) in [6, 6.07) is 17.1. The summed E-state index contributed by atoms with van der Waals surface area (Å²) >= 11 is 0. The Morgan fingerprint density at radius 2 is 1.33 bits per heavy atom. The van der Waals surface area contributed by atoms with Gasteiger partial charge in [-0.1, -0.05) is 54.6 Å². The Morgan fingerprint density at radius 3 is 2.00 bits per heavy atom. The van der Waals surface area contributed by atoms with E-state index in [1.165, 1.54) is 0 Å². The Hall–Kier alpha value is -1.42. The summed E-state index contributed by atoms with van der Waals surface area (Å²) in [4.78, 5) is 18.6. The van der Waals surface area contributed by atoms with Crippen LogP contribution in [0.5, 0.6) is 0 Å². The Kier molecular flexibility index (Phi) is 2.96. The van der Waals surface area contributed by atoms with E-state index in [4.69, 9.17) is 0 Å². The third-order valence-electron chi connectivity index (χ3n) is 2.25. The van der Waals surface area contributed by atoms with Gasteiger partial charge in [-0.3, -0.25) is 0 Å². The standard InChI is InChI=1S/C12H11O2Si/c13-15(14)12-9-5-4-8-11(12)10-6-2-1-3-7-10/h1-9,13-14H. The van der Waals surface area contributed by atoms with Gasteiger partial charge in [-0.2, -0.15) is 0 Å². The lowest BCUT2D eigenvalue weighted by Crippen LogP contribution is -2.31. The molecule has 75 valence electrons. The molecule has 0 saturated carbocycles. The average molecular weight is 215 g/mol. The summed E-state index contributed by atoms with van der Waals surface area (Å²) < 4.78 is 0. The van der Waals surface area contributed by atoms with Gasteiger partial charge in [0.05, 0.1) is 0 Å². The summed E-state index contributed by atoms with van der Waals surface area (Å²) in [6.07, 6.45) is 0. The first kappa shape index (κ1) is 10.1. The van der Waals surface area contributed by atoms with Crippen molar-refractivity contribution in [3.05, 3.63) is 54.6 Å². The third-order valence-corrected chi connectivity index (χ3v) is 3.17. The van der Waals surface area contributed by atoms with Crippen molar-refractivity contribution in [1.29, 1.82) is 0 Å². The third kappa shape index (κ3) is 2.15. The minimum absolute atomic E-state index is 0.633. The fourth-order valence-electron chi connectivity index (χ4n) is 1.55. The van der Waals surface area contributed by atoms with Crippen molar-refractivity contribution in [2.24, 2.45) is 0 Å². The normalized spacial score (nSPS) is 10.6. The van der Waals surface area contributed by atoms with Crippen LogP contribution in [0.15, 0.2) is 54.6 Å². The number of hydrogen-bond donors (Lipinski definition) is 2. The molecule has 2 N–H and O–H groups in total. The molecule has 0 heterocycles. The van der Waals surface area contributed by atoms with Crippen LogP contribution < -0.4 is 5.19 Å². The van der Waals surface area contributed by atoms with Gasteiger partial charge in [0.2, 0.25) is 0 Å². The number of rotatable bonds is 2. The first-order valence-corrected chi connectivity index (χ1v) is 6.08. The van der Waals surface area contributed by atoms with Crippen LogP contribution in [0.1, 0.15) is 0 Å². The maximum atomic E-state index is 9.32. The van der Waals surface area contributed by atoms with E-state index in [1.807, 2.05) is 48.5 Å². The minimum atomic E-state index is -2.39. The summed E-state index contributed by atoms with van der Waals surface area (Å²) in [7, 11) is -2.39. The second-order valence-electron chi connectivity index (χ2n) is 3.24. The first-order chi connectivity index (χ1) is 7.29. The zero-order valence-corrected chi connectivity index (χ0v) is 9.09. The molecule has 0 aromatic heterocycles. The van der Waals surface area contributed by atoms with Crippen LogP contribution in [0, 0.1) is 0 Å². The number of hydrogen-bond acceptors (Lipinski definition) is 2. The van der Waals surface area contributed by atoms with Crippen molar-refractivity contribution in [1.82, 2.24) is 0 Å². The van der Waals surface area contributed by atoms with Gasteiger partial charge in [0.25, 0.3) is 0 Å². The van der Waals surface area contributed by atoms with Crippen LogP contribution in [0.25, 0.3) is 11.1 Å². The van der Waals surface area contributed by atoms with E-state index >= 15 is 0 Å². The highest BCUT2D eigenvalue weighted by atomic mass is 28.3. The Morgan fingerprint density at radius 1 is 0.733 bits per heavy atom. The molecule has 3 heteroatoms. The summed E-state index contributed by atoms with van der Waals surface area (Å²) in [5.74, 6) is 0. The van der Waals surface area contributed by atoms with Crippen LogP contribution in [0.3, 0.4) is 0 Å². The molecule has 0 aliphatic rings. The highest BCUT2D eigenvalue weighted by molar-refractivity contribution is 6.60. The summed E-state index contributed by atoms with van der Waals surface area (Å²) in [6.45, 7) is 0. The molecule has 2 aromatic rings. The van der Waals surface area contributed by atoms with Gasteiger partial charge in [-0.05, 0) is 11.1 Å². The van der Waals surface area contributed by atoms with E-state index in [-0.39, 0.29) is 0 Å². The van der Waals surface area contributed by atoms with E-state index in [0.29, 0.717) is 5.19 Å². The molecule has 0 amide bonds. The predicted octanol–water partition coefficient (Wildman–Crippen LogP) is 1.03. The molecule has 0 aliphatic heterocycles. The molecule has 0 atom stereocenters. The Labute approximate surface area is 90.3 Å². The SMILES string of the molecule is O[Si](O)c1ccccc1-c1ccccc1. The van der Waals surface area contributed by atoms with E-state index in [2.05, 4.69) is 0 Å². The van der Waals surface area contributed by atoms with Gasteiger partial charge in [0.1, 0.15) is 0 Å². The molecule has 0 saturated heterocycles. The second kappa shape index (κ2) is 4.40. The van der Waals surface area contributed by atoms with Gasteiger partial charge in [0.15, 0.2) is 0 Å². The molecule has 2 rings (SSSR count). The largest absolute Gasteiger partial charge is 0.418 e. The van der Waals surface area contributed by atoms with Gasteiger partial charge < -0.3 is 9.59 Å². The monoisotopic (exact) mass is 215 g/mol. The van der Waals surface area contributed by atoms with Crippen molar-refractivity contribution in [3.63, 3.8) is 0 Å². The van der Waals surface area contributed by atoms with Gasteiger partial charge in [-0.15, -0.1) is 0 Å². The molecular weight excluding hydrogens is 204 g/mol. The fourth-order valence-corrected chi connectivity index (χ4v) is 2.26. The van der Waals surface area contributed by atoms with Crippen LogP contribution in [-0.4, -0.2) is 18.9 Å². The van der Waals surface area contributed by atoms with E-state index in [0.717, 1.165) is 11.1 Å². The van der Waals surface area contributed by atoms with Crippen molar-refractivity contribution < 1.29 is 9.59 Å². The molecule has 2 aromatic carbocycles. The van der Waals surface area contributed by atoms with Gasteiger partial charge >= 0.3 is 9.28 Å². The van der Waals surface area contributed by atoms with Crippen LogP contribution >= 0.6 is 0 Å². The predicted molar refractivity (Wildman–Crippen MR) is 61.7 cm³/mol. The Balaban J connectivity index is 2.53. The zero-order chi connectivity index (χ0) is 10.7. The lowest BCUT2D eigenvalue weighted by Gasteiger charge is -2.08. The van der Waals surface area contributed by atoms with Crippen molar-refractivity contribution >= 4 is 14.5 Å². The molecule has 2 nitrogen and oxygen atoms in total. The smallest absolute Gasteiger partial charge is 0.406 e. The molecule has 0 spiro atoms. The fraction of sp³-hybridized carbons (Fsp3) is 0. The molecule has 0 bridgehead atoms. The number of benzene rings is 2. The van der Waals surface area contributed by atoms with Crippen molar-refractivity contribution in [2.45, 2.75) is 0 Å². The highest BCUT2D eigenvalue weighted by Crippen LogP contribution is 2.16. The summed E-state index contributed by atoms with van der Waals surface area (Å²) in [5, 5.41) is 0.633. The lowest BCUT2D eigenvalue weighted by molar-refractivity contribution is 0.426. The maximum absolute atomic E-state index is 9.32. The molecule has 0 aliphatic carbocycles.